The average molecular weight is 459 g/mol. The number of carbonyl (C=O) groups is 1. The first-order valence-electron chi connectivity index (χ1n) is 10.6. The summed E-state index contributed by atoms with van der Waals surface area (Å²) < 4.78 is 32.8. The predicted octanol–water partition coefficient (Wildman–Crippen LogP) is 3.46. The molecule has 2 heterocycles. The summed E-state index contributed by atoms with van der Waals surface area (Å²) in [6.45, 7) is 7.25. The molecule has 8 nitrogen and oxygen atoms in total. The van der Waals surface area contributed by atoms with Crippen LogP contribution in [0, 0.1) is 12.8 Å². The number of imidazole rings is 1. The number of fused-ring (bicyclic) bond motifs is 1. The maximum Gasteiger partial charge on any atom is 0.302 e. The molecule has 3 rings (SSSR count). The monoisotopic (exact) mass is 458 g/mol. The molecular weight excluding hydrogens is 428 g/mol. The summed E-state index contributed by atoms with van der Waals surface area (Å²) in [5.74, 6) is 0.643. The largest absolute Gasteiger partial charge is 0.464 e. The number of ether oxygens (including phenoxy) is 1. The first-order valence-corrected chi connectivity index (χ1v) is 12.0. The highest BCUT2D eigenvalue weighted by atomic mass is 32.2. The second kappa shape index (κ2) is 9.79. The number of sulfonamides is 1. The standard InChI is InChI=1S/C23H30N4O4S/c1-15(2)12-19(14-31-17(4)28)27(5)32(29,30)20-8-6-18(7-9-20)13-22-23-21(10-11-24-22)25-16(3)26-23/h6-11,15,19H,12-14H2,1-5H3,(H,25,26)/t19-/m1/s1. The number of likely N-dealkylation sites (N-methyl/N-ethyl adjacent to an activating group) is 1. The highest BCUT2D eigenvalue weighted by Gasteiger charge is 2.29. The SMILES string of the molecule is CC(=O)OC[C@@H](CC(C)C)N(C)S(=O)(=O)c1ccc(Cc2nccc3[nH]c(C)nc23)cc1. The fraction of sp³-hybridized carbons (Fsp3) is 0.435. The van der Waals surface area contributed by atoms with Gasteiger partial charge < -0.3 is 9.72 Å². The first kappa shape index (κ1) is 23.9. The number of aromatic amines is 1. The first-order chi connectivity index (χ1) is 15.1. The molecule has 2 aromatic heterocycles. The minimum atomic E-state index is -3.74. The fourth-order valence-electron chi connectivity index (χ4n) is 3.66. The van der Waals surface area contributed by atoms with E-state index in [0.717, 1.165) is 28.1 Å². The van der Waals surface area contributed by atoms with Gasteiger partial charge in [0.05, 0.1) is 22.1 Å². The molecule has 0 unspecified atom stereocenters. The van der Waals surface area contributed by atoms with Crippen molar-refractivity contribution in [3.63, 3.8) is 0 Å². The number of carbonyl (C=O) groups excluding carboxylic acids is 1. The van der Waals surface area contributed by atoms with E-state index in [4.69, 9.17) is 4.74 Å². The number of pyridine rings is 1. The van der Waals surface area contributed by atoms with Crippen molar-refractivity contribution in [2.75, 3.05) is 13.7 Å². The molecule has 0 spiro atoms. The third-order valence-electron chi connectivity index (χ3n) is 5.30. The van der Waals surface area contributed by atoms with Crippen LogP contribution in [0.1, 0.15) is 44.3 Å². The normalized spacial score (nSPS) is 13.1. The number of nitrogens with zero attached hydrogens (tertiary/aromatic N) is 3. The van der Waals surface area contributed by atoms with Crippen LogP contribution in [-0.2, 0) is 26.0 Å². The third-order valence-corrected chi connectivity index (χ3v) is 7.23. The Balaban J connectivity index is 1.80. The average Bonchev–Trinajstić information content (AvgIpc) is 3.12. The summed E-state index contributed by atoms with van der Waals surface area (Å²) in [4.78, 5) is 23.6. The number of aromatic nitrogens is 3. The number of aryl methyl sites for hydroxylation is 1. The zero-order valence-electron chi connectivity index (χ0n) is 19.1. The quantitative estimate of drug-likeness (QED) is 0.492. The van der Waals surface area contributed by atoms with Gasteiger partial charge in [0.1, 0.15) is 17.9 Å². The predicted molar refractivity (Wildman–Crippen MR) is 123 cm³/mol. The minimum absolute atomic E-state index is 0.0279. The molecule has 0 aliphatic rings. The van der Waals surface area contributed by atoms with Gasteiger partial charge in [-0.15, -0.1) is 0 Å². The van der Waals surface area contributed by atoms with Crippen molar-refractivity contribution in [1.82, 2.24) is 19.3 Å². The van der Waals surface area contributed by atoms with Gasteiger partial charge >= 0.3 is 5.97 Å². The van der Waals surface area contributed by atoms with Crippen LogP contribution >= 0.6 is 0 Å². The Labute approximate surface area is 189 Å². The molecule has 0 radical (unpaired) electrons. The molecule has 1 aromatic carbocycles. The number of H-pyrrole nitrogens is 1. The summed E-state index contributed by atoms with van der Waals surface area (Å²) in [5, 5.41) is 0. The Morgan fingerprint density at radius 3 is 2.50 bits per heavy atom. The highest BCUT2D eigenvalue weighted by molar-refractivity contribution is 7.89. The molecule has 32 heavy (non-hydrogen) atoms. The van der Waals surface area contributed by atoms with Crippen molar-refractivity contribution < 1.29 is 17.9 Å². The lowest BCUT2D eigenvalue weighted by atomic mass is 10.0. The van der Waals surface area contributed by atoms with Crippen molar-refractivity contribution in [3.8, 4) is 0 Å². The van der Waals surface area contributed by atoms with Crippen LogP contribution in [0.15, 0.2) is 41.4 Å². The molecule has 0 fully saturated rings. The number of rotatable bonds is 9. The second-order valence-electron chi connectivity index (χ2n) is 8.40. The molecule has 1 N–H and O–H groups in total. The van der Waals surface area contributed by atoms with E-state index in [1.807, 2.05) is 26.8 Å². The molecule has 0 aliphatic heterocycles. The summed E-state index contributed by atoms with van der Waals surface area (Å²) in [7, 11) is -2.21. The van der Waals surface area contributed by atoms with Crippen LogP contribution in [0.25, 0.3) is 11.0 Å². The fourth-order valence-corrected chi connectivity index (χ4v) is 5.01. The molecule has 9 heteroatoms. The van der Waals surface area contributed by atoms with E-state index in [1.54, 1.807) is 30.5 Å². The topological polar surface area (TPSA) is 105 Å². The molecule has 172 valence electrons. The van der Waals surface area contributed by atoms with Gasteiger partial charge in [0.15, 0.2) is 0 Å². The van der Waals surface area contributed by atoms with Gasteiger partial charge in [0.2, 0.25) is 10.0 Å². The van der Waals surface area contributed by atoms with Crippen molar-refractivity contribution >= 4 is 27.0 Å². The zero-order chi connectivity index (χ0) is 23.5. The molecule has 0 bridgehead atoms. The summed E-state index contributed by atoms with van der Waals surface area (Å²) in [5.41, 5.74) is 3.52. The lowest BCUT2D eigenvalue weighted by molar-refractivity contribution is -0.142. The number of hydrogen-bond donors (Lipinski definition) is 1. The van der Waals surface area contributed by atoms with Gasteiger partial charge in [0.25, 0.3) is 0 Å². The van der Waals surface area contributed by atoms with E-state index in [-0.39, 0.29) is 17.4 Å². The van der Waals surface area contributed by atoms with E-state index in [1.165, 1.54) is 18.3 Å². The maximum atomic E-state index is 13.2. The summed E-state index contributed by atoms with van der Waals surface area (Å²) in [6.07, 6.45) is 2.86. The van der Waals surface area contributed by atoms with Crippen molar-refractivity contribution in [2.45, 2.75) is 51.5 Å². The van der Waals surface area contributed by atoms with E-state index in [9.17, 15) is 13.2 Å². The van der Waals surface area contributed by atoms with E-state index < -0.39 is 22.0 Å². The zero-order valence-corrected chi connectivity index (χ0v) is 19.9. The Bertz CT molecular complexity index is 1190. The molecule has 0 saturated heterocycles. The lowest BCUT2D eigenvalue weighted by Gasteiger charge is -2.28. The van der Waals surface area contributed by atoms with Gasteiger partial charge in [-0.3, -0.25) is 9.78 Å². The molecule has 0 aliphatic carbocycles. The maximum absolute atomic E-state index is 13.2. The van der Waals surface area contributed by atoms with Crippen LogP contribution in [0.5, 0.6) is 0 Å². The number of nitrogens with one attached hydrogen (secondary N) is 1. The van der Waals surface area contributed by atoms with Gasteiger partial charge in [-0.1, -0.05) is 26.0 Å². The number of esters is 1. The molecule has 3 aromatic rings. The van der Waals surface area contributed by atoms with E-state index in [0.29, 0.717) is 12.8 Å². The highest BCUT2D eigenvalue weighted by Crippen LogP contribution is 2.23. The summed E-state index contributed by atoms with van der Waals surface area (Å²) >= 11 is 0. The van der Waals surface area contributed by atoms with Gasteiger partial charge in [-0.25, -0.2) is 13.4 Å². The van der Waals surface area contributed by atoms with Crippen molar-refractivity contribution in [1.29, 1.82) is 0 Å². The Hall–Kier alpha value is -2.78. The third kappa shape index (κ3) is 5.52. The molecule has 0 amide bonds. The summed E-state index contributed by atoms with van der Waals surface area (Å²) in [6, 6.07) is 8.25. The second-order valence-corrected chi connectivity index (χ2v) is 10.4. The minimum Gasteiger partial charge on any atom is -0.464 e. The van der Waals surface area contributed by atoms with Crippen LogP contribution in [0.4, 0.5) is 0 Å². The van der Waals surface area contributed by atoms with Gasteiger partial charge in [-0.2, -0.15) is 4.31 Å². The molecule has 0 saturated carbocycles. The van der Waals surface area contributed by atoms with E-state index in [2.05, 4.69) is 15.0 Å². The van der Waals surface area contributed by atoms with Crippen LogP contribution in [0.3, 0.4) is 0 Å². The lowest BCUT2D eigenvalue weighted by Crippen LogP contribution is -2.41. The number of hydrogen-bond acceptors (Lipinski definition) is 6. The smallest absolute Gasteiger partial charge is 0.302 e. The number of benzene rings is 1. The van der Waals surface area contributed by atoms with Gasteiger partial charge in [-0.05, 0) is 43.0 Å². The Kier molecular flexibility index (Phi) is 7.30. The van der Waals surface area contributed by atoms with Crippen LogP contribution in [-0.4, -0.2) is 53.3 Å². The van der Waals surface area contributed by atoms with E-state index >= 15 is 0 Å². The Morgan fingerprint density at radius 2 is 1.88 bits per heavy atom. The van der Waals surface area contributed by atoms with Gasteiger partial charge in [0, 0.05) is 26.6 Å². The van der Waals surface area contributed by atoms with Crippen molar-refractivity contribution in [3.05, 3.63) is 53.6 Å². The Morgan fingerprint density at radius 1 is 1.19 bits per heavy atom. The molecule has 1 atom stereocenters. The van der Waals surface area contributed by atoms with Crippen LogP contribution in [0.2, 0.25) is 0 Å². The molecular formula is C23H30N4O4S. The van der Waals surface area contributed by atoms with Crippen molar-refractivity contribution in [2.24, 2.45) is 5.92 Å². The van der Waals surface area contributed by atoms with Crippen LogP contribution < -0.4 is 0 Å².